The fraction of sp³-hybridized carbons (Fsp3) is 0.292. The second-order valence-corrected chi connectivity index (χ2v) is 8.45. The van der Waals surface area contributed by atoms with Crippen molar-refractivity contribution in [2.24, 2.45) is 0 Å². The van der Waals surface area contributed by atoms with Gasteiger partial charge in [-0.3, -0.25) is 4.79 Å². The molecule has 1 fully saturated rings. The molecule has 2 atom stereocenters. The number of anilines is 1. The summed E-state index contributed by atoms with van der Waals surface area (Å²) in [6, 6.07) is 16.6. The van der Waals surface area contributed by atoms with Crippen molar-refractivity contribution in [3.8, 4) is 23.1 Å². The molecule has 0 radical (unpaired) electrons. The van der Waals surface area contributed by atoms with Gasteiger partial charge in [-0.2, -0.15) is 5.26 Å². The lowest BCUT2D eigenvalue weighted by Crippen LogP contribution is -2.44. The first-order chi connectivity index (χ1) is 15.6. The minimum atomic E-state index is -0.581. The van der Waals surface area contributed by atoms with E-state index in [9.17, 15) is 9.90 Å². The number of carbonyl (C=O) groups is 1. The Morgan fingerprint density at radius 2 is 2.09 bits per heavy atom. The predicted molar refractivity (Wildman–Crippen MR) is 124 cm³/mol. The molecule has 164 valence electrons. The fourth-order valence-electron chi connectivity index (χ4n) is 3.87. The van der Waals surface area contributed by atoms with Crippen molar-refractivity contribution >= 4 is 22.4 Å². The number of aliphatic hydroxyl groups excluding tert-OH is 1. The number of ether oxygens (including phenoxy) is 1. The van der Waals surface area contributed by atoms with Crippen molar-refractivity contribution in [1.29, 1.82) is 5.26 Å². The summed E-state index contributed by atoms with van der Waals surface area (Å²) in [4.78, 5) is 19.5. The van der Waals surface area contributed by atoms with Gasteiger partial charge in [0.2, 0.25) is 5.91 Å². The Balaban J connectivity index is 1.42. The highest BCUT2D eigenvalue weighted by atomic mass is 32.1. The molecular formula is C24H24N4O3S. The zero-order valence-corrected chi connectivity index (χ0v) is 18.5. The summed E-state index contributed by atoms with van der Waals surface area (Å²) in [5, 5.41) is 24.8. The van der Waals surface area contributed by atoms with Crippen LogP contribution in [0.4, 0.5) is 5.13 Å². The van der Waals surface area contributed by atoms with Gasteiger partial charge in [-0.25, -0.2) is 4.98 Å². The number of hydrogen-bond donors (Lipinski definition) is 2. The molecule has 1 aliphatic heterocycles. The monoisotopic (exact) mass is 448 g/mol. The van der Waals surface area contributed by atoms with Crippen LogP contribution in [0.15, 0.2) is 53.9 Å². The van der Waals surface area contributed by atoms with E-state index in [1.54, 1.807) is 19.2 Å². The molecular weight excluding hydrogens is 424 g/mol. The largest absolute Gasteiger partial charge is 0.496 e. The number of aliphatic hydroxyl groups is 1. The second-order valence-electron chi connectivity index (χ2n) is 7.62. The summed E-state index contributed by atoms with van der Waals surface area (Å²) >= 11 is 1.44. The topological polar surface area (TPSA) is 98.5 Å². The van der Waals surface area contributed by atoms with Crippen molar-refractivity contribution in [2.75, 3.05) is 25.1 Å². The summed E-state index contributed by atoms with van der Waals surface area (Å²) in [6.07, 6.45) is 0.444. The zero-order valence-electron chi connectivity index (χ0n) is 17.7. The van der Waals surface area contributed by atoms with E-state index in [1.807, 2.05) is 46.7 Å². The summed E-state index contributed by atoms with van der Waals surface area (Å²) in [5.41, 5.74) is 3.32. The quantitative estimate of drug-likeness (QED) is 0.577. The Labute approximate surface area is 190 Å². The lowest BCUT2D eigenvalue weighted by atomic mass is 10.1. The van der Waals surface area contributed by atoms with Gasteiger partial charge < -0.3 is 20.1 Å². The van der Waals surface area contributed by atoms with Crippen LogP contribution in [-0.2, 0) is 11.2 Å². The zero-order chi connectivity index (χ0) is 22.5. The first kappa shape index (κ1) is 21.8. The number of hydrogen-bond acceptors (Lipinski definition) is 7. The maximum atomic E-state index is 12.9. The summed E-state index contributed by atoms with van der Waals surface area (Å²) < 4.78 is 5.37. The third kappa shape index (κ3) is 4.74. The molecule has 32 heavy (non-hydrogen) atoms. The average molecular weight is 449 g/mol. The van der Waals surface area contributed by atoms with Gasteiger partial charge in [0.05, 0.1) is 30.5 Å². The van der Waals surface area contributed by atoms with E-state index in [1.165, 1.54) is 11.3 Å². The van der Waals surface area contributed by atoms with E-state index in [0.717, 1.165) is 22.6 Å². The average Bonchev–Trinajstić information content (AvgIpc) is 3.46. The van der Waals surface area contributed by atoms with Gasteiger partial charge >= 0.3 is 0 Å². The number of β-amino-alcohol motifs (C(OH)–C–C–N with tert-alkyl or cyclic N) is 1. The molecule has 1 aliphatic rings. The second kappa shape index (κ2) is 9.81. The number of aromatic nitrogens is 1. The molecule has 2 aromatic carbocycles. The van der Waals surface area contributed by atoms with E-state index >= 15 is 0 Å². The number of thiazole rings is 1. The van der Waals surface area contributed by atoms with Crippen LogP contribution >= 0.6 is 11.3 Å². The van der Waals surface area contributed by atoms with Crippen LogP contribution in [0.2, 0.25) is 0 Å². The minimum Gasteiger partial charge on any atom is -0.496 e. The first-order valence-electron chi connectivity index (χ1n) is 10.4. The van der Waals surface area contributed by atoms with Crippen LogP contribution in [0.3, 0.4) is 0 Å². The maximum Gasteiger partial charge on any atom is 0.242 e. The standard InChI is InChI=1S/C24H24N4O3S/c1-31-22-5-3-2-4-18(22)10-11-26-23(30)21-12-19(29)14-28(21)24-27-20(15-32-24)17-8-6-16(13-25)7-9-17/h2-9,15,19,21,29H,10-12,14H2,1H3,(H,26,30)/t19?,21-/m0/s1. The molecule has 2 N–H and O–H groups in total. The minimum absolute atomic E-state index is 0.119. The van der Waals surface area contributed by atoms with Gasteiger partial charge in [0.25, 0.3) is 0 Å². The number of carbonyl (C=O) groups excluding carboxylic acids is 1. The number of para-hydroxylation sites is 1. The van der Waals surface area contributed by atoms with E-state index in [4.69, 9.17) is 10.00 Å². The number of nitrogens with one attached hydrogen (secondary N) is 1. The van der Waals surface area contributed by atoms with Gasteiger partial charge in [0.15, 0.2) is 5.13 Å². The number of nitriles is 1. The molecule has 1 unspecified atom stereocenters. The number of methoxy groups -OCH3 is 1. The highest BCUT2D eigenvalue weighted by Gasteiger charge is 2.37. The van der Waals surface area contributed by atoms with Crippen LogP contribution in [0.5, 0.6) is 5.75 Å². The Kier molecular flexibility index (Phi) is 6.69. The third-order valence-corrected chi connectivity index (χ3v) is 6.39. The van der Waals surface area contributed by atoms with Crippen LogP contribution in [-0.4, -0.2) is 48.3 Å². The molecule has 7 nitrogen and oxygen atoms in total. The summed E-state index contributed by atoms with van der Waals surface area (Å²) in [6.45, 7) is 0.846. The van der Waals surface area contributed by atoms with Gasteiger partial charge in [0.1, 0.15) is 11.8 Å². The Bertz CT molecular complexity index is 1120. The number of rotatable bonds is 7. The molecule has 0 spiro atoms. The normalized spacial score (nSPS) is 17.7. The van der Waals surface area contributed by atoms with Gasteiger partial charge in [-0.1, -0.05) is 30.3 Å². The van der Waals surface area contributed by atoms with Crippen molar-refractivity contribution in [2.45, 2.75) is 25.0 Å². The van der Waals surface area contributed by atoms with Gasteiger partial charge in [0, 0.05) is 30.5 Å². The molecule has 2 heterocycles. The van der Waals surface area contributed by atoms with Crippen molar-refractivity contribution in [3.05, 3.63) is 65.0 Å². The van der Waals surface area contributed by atoms with Gasteiger partial charge in [-0.15, -0.1) is 11.3 Å². The molecule has 1 amide bonds. The SMILES string of the molecule is COc1ccccc1CCNC(=O)[C@@H]1CC(O)CN1c1nc(-c2ccc(C#N)cc2)cs1. The molecule has 3 aromatic rings. The fourth-order valence-corrected chi connectivity index (χ4v) is 4.76. The van der Waals surface area contributed by atoms with E-state index in [0.29, 0.717) is 36.6 Å². The lowest BCUT2D eigenvalue weighted by molar-refractivity contribution is -0.122. The molecule has 0 bridgehead atoms. The number of benzene rings is 2. The summed E-state index contributed by atoms with van der Waals surface area (Å²) in [7, 11) is 1.63. The van der Waals surface area contributed by atoms with E-state index < -0.39 is 12.1 Å². The number of nitrogens with zero attached hydrogens (tertiary/aromatic N) is 3. The van der Waals surface area contributed by atoms with E-state index in [2.05, 4.69) is 16.4 Å². The number of amides is 1. The van der Waals surface area contributed by atoms with Crippen LogP contribution in [0, 0.1) is 11.3 Å². The van der Waals surface area contributed by atoms with Crippen molar-refractivity contribution in [3.63, 3.8) is 0 Å². The Hall–Kier alpha value is -3.41. The maximum absolute atomic E-state index is 12.9. The Morgan fingerprint density at radius 3 is 2.84 bits per heavy atom. The van der Waals surface area contributed by atoms with Crippen molar-refractivity contribution < 1.29 is 14.6 Å². The van der Waals surface area contributed by atoms with E-state index in [-0.39, 0.29) is 5.91 Å². The molecule has 0 saturated carbocycles. The molecule has 4 rings (SSSR count). The molecule has 8 heteroatoms. The highest BCUT2D eigenvalue weighted by Crippen LogP contribution is 2.32. The smallest absolute Gasteiger partial charge is 0.242 e. The Morgan fingerprint density at radius 1 is 1.31 bits per heavy atom. The molecule has 1 aromatic heterocycles. The highest BCUT2D eigenvalue weighted by molar-refractivity contribution is 7.14. The van der Waals surface area contributed by atoms with Gasteiger partial charge in [-0.05, 0) is 30.2 Å². The van der Waals surface area contributed by atoms with Crippen LogP contribution in [0.1, 0.15) is 17.5 Å². The third-order valence-electron chi connectivity index (χ3n) is 5.52. The lowest BCUT2D eigenvalue weighted by Gasteiger charge is -2.23. The van der Waals surface area contributed by atoms with Crippen molar-refractivity contribution in [1.82, 2.24) is 10.3 Å². The molecule has 0 aliphatic carbocycles. The van der Waals surface area contributed by atoms with Crippen LogP contribution in [0.25, 0.3) is 11.3 Å². The summed E-state index contributed by atoms with van der Waals surface area (Å²) in [5.74, 6) is 0.685. The first-order valence-corrected chi connectivity index (χ1v) is 11.3. The predicted octanol–water partition coefficient (Wildman–Crippen LogP) is 2.99. The van der Waals surface area contributed by atoms with Crippen LogP contribution < -0.4 is 15.0 Å². The molecule has 1 saturated heterocycles.